The van der Waals surface area contributed by atoms with Crippen LogP contribution in [-0.2, 0) is 0 Å². The highest BCUT2D eigenvalue weighted by atomic mass is 14.8. The minimum atomic E-state index is 0.922. The Morgan fingerprint density at radius 3 is 1.38 bits per heavy atom. The summed E-state index contributed by atoms with van der Waals surface area (Å²) in [5.41, 5.74) is 10.8. The number of nitrogens with zero attached hydrogens (tertiary/aromatic N) is 2. The molecule has 0 aliphatic heterocycles. The van der Waals surface area contributed by atoms with E-state index in [1.807, 2.05) is 18.2 Å². The average Bonchev–Trinajstić information content (AvgIpc) is 3.08. The van der Waals surface area contributed by atoms with Crippen LogP contribution in [0.2, 0.25) is 0 Å². The van der Waals surface area contributed by atoms with Gasteiger partial charge in [0.2, 0.25) is 0 Å². The molecule has 196 valence electrons. The van der Waals surface area contributed by atoms with Crippen LogP contribution >= 0.6 is 0 Å². The van der Waals surface area contributed by atoms with Crippen molar-refractivity contribution in [3.63, 3.8) is 0 Å². The normalized spacial score (nSPS) is 11.3. The lowest BCUT2D eigenvalue weighted by molar-refractivity contribution is 1.36. The third kappa shape index (κ3) is 4.22. The number of aromatic nitrogens is 2. The van der Waals surface area contributed by atoms with E-state index in [0.29, 0.717) is 0 Å². The Kier molecular flexibility index (Phi) is 5.82. The molecule has 2 heterocycles. The highest BCUT2D eigenvalue weighted by molar-refractivity contribution is 6.06. The Balaban J connectivity index is 1.25. The Hall–Kier alpha value is -5.60. The Labute approximate surface area is 244 Å². The van der Waals surface area contributed by atoms with Crippen molar-refractivity contribution >= 4 is 32.6 Å². The molecule has 0 bridgehead atoms. The predicted octanol–water partition coefficient (Wildman–Crippen LogP) is 10.6. The van der Waals surface area contributed by atoms with Gasteiger partial charge in [0.05, 0.1) is 22.4 Å². The van der Waals surface area contributed by atoms with Crippen molar-refractivity contribution in [3.05, 3.63) is 158 Å². The van der Waals surface area contributed by atoms with Crippen LogP contribution in [0.3, 0.4) is 0 Å². The summed E-state index contributed by atoms with van der Waals surface area (Å²) in [6, 6.07) is 55.6. The number of hydrogen-bond donors (Lipinski definition) is 0. The third-order valence-corrected chi connectivity index (χ3v) is 8.07. The van der Waals surface area contributed by atoms with Gasteiger partial charge in [-0.2, -0.15) is 0 Å². The molecule has 42 heavy (non-hydrogen) atoms. The van der Waals surface area contributed by atoms with E-state index in [1.54, 1.807) is 0 Å². The first-order valence-corrected chi connectivity index (χ1v) is 14.3. The maximum absolute atomic E-state index is 5.20. The summed E-state index contributed by atoms with van der Waals surface area (Å²) in [7, 11) is 0. The van der Waals surface area contributed by atoms with E-state index in [4.69, 9.17) is 9.97 Å². The SMILES string of the molecule is c1ccc(-c2ccc3ccc4ccc(-c5cccc(-c6ccc(-c7ccccc7)c7ccccc67)c5)nc4c3n2)cc1. The van der Waals surface area contributed by atoms with Gasteiger partial charge in [-0.3, -0.25) is 0 Å². The van der Waals surface area contributed by atoms with Crippen molar-refractivity contribution in [2.75, 3.05) is 0 Å². The first kappa shape index (κ1) is 24.2. The molecule has 8 rings (SSSR count). The molecule has 0 atom stereocenters. The van der Waals surface area contributed by atoms with Crippen LogP contribution < -0.4 is 0 Å². The second kappa shape index (κ2) is 10.1. The maximum atomic E-state index is 5.20. The summed E-state index contributed by atoms with van der Waals surface area (Å²) in [6.07, 6.45) is 0. The molecular formula is C40H26N2. The van der Waals surface area contributed by atoms with Crippen molar-refractivity contribution < 1.29 is 0 Å². The molecule has 0 saturated carbocycles. The fourth-order valence-corrected chi connectivity index (χ4v) is 5.96. The smallest absolute Gasteiger partial charge is 0.0972 e. The molecule has 0 spiro atoms. The molecule has 0 N–H and O–H groups in total. The van der Waals surface area contributed by atoms with Gasteiger partial charge in [0.15, 0.2) is 0 Å². The Morgan fingerprint density at radius 2 is 0.762 bits per heavy atom. The minimum absolute atomic E-state index is 0.922. The summed E-state index contributed by atoms with van der Waals surface area (Å²) in [5.74, 6) is 0. The maximum Gasteiger partial charge on any atom is 0.0972 e. The largest absolute Gasteiger partial charge is 0.245 e. The second-order valence-electron chi connectivity index (χ2n) is 10.6. The van der Waals surface area contributed by atoms with E-state index in [-0.39, 0.29) is 0 Å². The lowest BCUT2D eigenvalue weighted by Gasteiger charge is -2.13. The van der Waals surface area contributed by atoms with Gasteiger partial charge < -0.3 is 0 Å². The molecule has 0 aliphatic rings. The zero-order valence-electron chi connectivity index (χ0n) is 22.9. The molecule has 0 radical (unpaired) electrons. The molecular weight excluding hydrogens is 508 g/mol. The molecule has 8 aromatic rings. The first-order chi connectivity index (χ1) is 20.8. The number of fused-ring (bicyclic) bond motifs is 4. The van der Waals surface area contributed by atoms with Crippen molar-refractivity contribution in [1.82, 2.24) is 9.97 Å². The van der Waals surface area contributed by atoms with Gasteiger partial charge >= 0.3 is 0 Å². The van der Waals surface area contributed by atoms with Gasteiger partial charge in [-0.15, -0.1) is 0 Å². The molecule has 0 aliphatic carbocycles. The molecule has 0 unspecified atom stereocenters. The highest BCUT2D eigenvalue weighted by Crippen LogP contribution is 2.37. The standard InChI is InChI=1S/C40H26N2/c1-3-10-27(11-4-1)33-22-23-34(36-17-8-7-16-35(33)36)31-14-9-15-32(26-31)38-25-21-30-19-18-29-20-24-37(28-12-5-2-6-13-28)41-39(29)40(30)42-38/h1-26H. The quantitative estimate of drug-likeness (QED) is 0.210. The molecule has 0 fully saturated rings. The van der Waals surface area contributed by atoms with Crippen LogP contribution in [-0.4, -0.2) is 9.97 Å². The molecule has 2 aromatic heterocycles. The zero-order valence-corrected chi connectivity index (χ0v) is 22.9. The van der Waals surface area contributed by atoms with Crippen LogP contribution in [0, 0.1) is 0 Å². The van der Waals surface area contributed by atoms with Crippen molar-refractivity contribution in [3.8, 4) is 44.8 Å². The monoisotopic (exact) mass is 534 g/mol. The number of rotatable bonds is 4. The molecule has 2 heteroatoms. The second-order valence-corrected chi connectivity index (χ2v) is 10.6. The number of pyridine rings is 2. The van der Waals surface area contributed by atoms with E-state index in [9.17, 15) is 0 Å². The van der Waals surface area contributed by atoms with Gasteiger partial charge in [-0.05, 0) is 51.2 Å². The van der Waals surface area contributed by atoms with E-state index in [1.165, 1.54) is 33.0 Å². The van der Waals surface area contributed by atoms with Gasteiger partial charge in [0, 0.05) is 21.9 Å². The topological polar surface area (TPSA) is 25.8 Å². The Morgan fingerprint density at radius 1 is 0.310 bits per heavy atom. The van der Waals surface area contributed by atoms with Gasteiger partial charge in [0.25, 0.3) is 0 Å². The van der Waals surface area contributed by atoms with Crippen LogP contribution in [0.25, 0.3) is 77.3 Å². The van der Waals surface area contributed by atoms with E-state index >= 15 is 0 Å². The third-order valence-electron chi connectivity index (χ3n) is 8.07. The summed E-state index contributed by atoms with van der Waals surface area (Å²) in [5, 5.41) is 4.67. The van der Waals surface area contributed by atoms with Crippen molar-refractivity contribution in [2.45, 2.75) is 0 Å². The van der Waals surface area contributed by atoms with Crippen LogP contribution in [0.4, 0.5) is 0 Å². The molecule has 6 aromatic carbocycles. The fraction of sp³-hybridized carbons (Fsp3) is 0. The van der Waals surface area contributed by atoms with Gasteiger partial charge in [-0.25, -0.2) is 9.97 Å². The number of benzene rings is 6. The van der Waals surface area contributed by atoms with Crippen LogP contribution in [0.1, 0.15) is 0 Å². The van der Waals surface area contributed by atoms with Crippen molar-refractivity contribution in [1.29, 1.82) is 0 Å². The Bertz CT molecular complexity index is 2240. The van der Waals surface area contributed by atoms with Crippen molar-refractivity contribution in [2.24, 2.45) is 0 Å². The zero-order chi connectivity index (χ0) is 27.9. The molecule has 0 saturated heterocycles. The summed E-state index contributed by atoms with van der Waals surface area (Å²) < 4.78 is 0. The predicted molar refractivity (Wildman–Crippen MR) is 176 cm³/mol. The van der Waals surface area contributed by atoms with Crippen LogP contribution in [0.15, 0.2) is 158 Å². The summed E-state index contributed by atoms with van der Waals surface area (Å²) in [4.78, 5) is 10.3. The number of hydrogen-bond acceptors (Lipinski definition) is 2. The van der Waals surface area contributed by atoms with Crippen LogP contribution in [0.5, 0.6) is 0 Å². The summed E-state index contributed by atoms with van der Waals surface area (Å²) in [6.45, 7) is 0. The first-order valence-electron chi connectivity index (χ1n) is 14.3. The lowest BCUT2D eigenvalue weighted by Crippen LogP contribution is -1.91. The molecule has 0 amide bonds. The molecule has 2 nitrogen and oxygen atoms in total. The minimum Gasteiger partial charge on any atom is -0.245 e. The summed E-state index contributed by atoms with van der Waals surface area (Å²) >= 11 is 0. The van der Waals surface area contributed by atoms with Gasteiger partial charge in [-0.1, -0.05) is 140 Å². The lowest BCUT2D eigenvalue weighted by atomic mass is 9.91. The highest BCUT2D eigenvalue weighted by Gasteiger charge is 2.12. The van der Waals surface area contributed by atoms with E-state index in [2.05, 4.69) is 140 Å². The average molecular weight is 535 g/mol. The van der Waals surface area contributed by atoms with E-state index in [0.717, 1.165) is 44.3 Å². The van der Waals surface area contributed by atoms with Gasteiger partial charge in [0.1, 0.15) is 0 Å². The van der Waals surface area contributed by atoms with E-state index < -0.39 is 0 Å². The fourth-order valence-electron chi connectivity index (χ4n) is 5.96.